The van der Waals surface area contributed by atoms with Crippen LogP contribution in [0.3, 0.4) is 0 Å². The van der Waals surface area contributed by atoms with Gasteiger partial charge in [0.1, 0.15) is 0 Å². The van der Waals surface area contributed by atoms with Crippen LogP contribution in [-0.2, 0) is 9.53 Å². The highest BCUT2D eigenvalue weighted by Crippen LogP contribution is 2.40. The highest BCUT2D eigenvalue weighted by atomic mass is 16.5. The number of rotatable bonds is 2. The molecule has 2 heteroatoms. The van der Waals surface area contributed by atoms with Crippen molar-refractivity contribution in [2.24, 2.45) is 16.2 Å². The molecular weight excluding hydrogens is 248 g/mol. The Morgan fingerprint density at radius 1 is 0.850 bits per heavy atom. The molecule has 0 aliphatic carbocycles. The van der Waals surface area contributed by atoms with Crippen molar-refractivity contribution < 1.29 is 9.53 Å². The van der Waals surface area contributed by atoms with E-state index in [0.717, 1.165) is 5.57 Å². The van der Waals surface area contributed by atoms with Crippen LogP contribution in [0.4, 0.5) is 0 Å². The molecule has 0 heterocycles. The standard InChI is InChI=1S/C18H32O2/c1-16(2,3)13(12-15(19)20-10)11-14(17(4,5)6)18(7,8)9/h12H2,1-10H3. The van der Waals surface area contributed by atoms with Crippen molar-refractivity contribution in [3.05, 3.63) is 16.9 Å². The van der Waals surface area contributed by atoms with Crippen molar-refractivity contribution in [3.63, 3.8) is 0 Å². The van der Waals surface area contributed by atoms with Gasteiger partial charge in [0.05, 0.1) is 13.5 Å². The van der Waals surface area contributed by atoms with Crippen molar-refractivity contribution in [2.75, 3.05) is 7.11 Å². The zero-order valence-corrected chi connectivity index (χ0v) is 15.0. The fourth-order valence-corrected chi connectivity index (χ4v) is 2.36. The van der Waals surface area contributed by atoms with Gasteiger partial charge in [-0.3, -0.25) is 4.79 Å². The third-order valence-corrected chi connectivity index (χ3v) is 3.23. The number of hydrogen-bond acceptors (Lipinski definition) is 2. The summed E-state index contributed by atoms with van der Waals surface area (Å²) in [6.07, 6.45) is 0.301. The van der Waals surface area contributed by atoms with Gasteiger partial charge in [-0.2, -0.15) is 0 Å². The van der Waals surface area contributed by atoms with E-state index >= 15 is 0 Å². The number of hydrogen-bond donors (Lipinski definition) is 0. The highest BCUT2D eigenvalue weighted by molar-refractivity contribution is 5.72. The third kappa shape index (κ3) is 5.96. The largest absolute Gasteiger partial charge is 0.469 e. The van der Waals surface area contributed by atoms with Crippen molar-refractivity contribution in [3.8, 4) is 0 Å². The molecule has 20 heavy (non-hydrogen) atoms. The van der Waals surface area contributed by atoms with Crippen LogP contribution in [0.2, 0.25) is 0 Å². The summed E-state index contributed by atoms with van der Waals surface area (Å²) in [5.74, 6) is -0.204. The first-order valence-electron chi connectivity index (χ1n) is 7.27. The van der Waals surface area contributed by atoms with E-state index in [1.54, 1.807) is 0 Å². The van der Waals surface area contributed by atoms with Gasteiger partial charge in [-0.15, -0.1) is 5.73 Å². The van der Waals surface area contributed by atoms with E-state index in [9.17, 15) is 4.79 Å². The highest BCUT2D eigenvalue weighted by Gasteiger charge is 2.29. The van der Waals surface area contributed by atoms with Crippen LogP contribution in [0.15, 0.2) is 16.9 Å². The molecule has 0 amide bonds. The predicted molar refractivity (Wildman–Crippen MR) is 85.5 cm³/mol. The summed E-state index contributed by atoms with van der Waals surface area (Å²) >= 11 is 0. The fourth-order valence-electron chi connectivity index (χ4n) is 2.36. The second kappa shape index (κ2) is 6.18. The van der Waals surface area contributed by atoms with Crippen LogP contribution in [0, 0.1) is 16.2 Å². The molecule has 0 aliphatic heterocycles. The Morgan fingerprint density at radius 2 is 1.25 bits per heavy atom. The molecular formula is C18H32O2. The lowest BCUT2D eigenvalue weighted by molar-refractivity contribution is -0.140. The lowest BCUT2D eigenvalue weighted by atomic mass is 9.71. The molecule has 0 rings (SSSR count). The molecule has 0 saturated heterocycles. The van der Waals surface area contributed by atoms with E-state index in [2.05, 4.69) is 68.0 Å². The van der Waals surface area contributed by atoms with Gasteiger partial charge < -0.3 is 4.74 Å². The van der Waals surface area contributed by atoms with Crippen LogP contribution in [0.5, 0.6) is 0 Å². The third-order valence-electron chi connectivity index (χ3n) is 3.23. The molecule has 0 fully saturated rings. The van der Waals surface area contributed by atoms with Gasteiger partial charge in [0.15, 0.2) is 0 Å². The minimum absolute atomic E-state index is 0.0187. The molecule has 2 nitrogen and oxygen atoms in total. The Hall–Kier alpha value is -1.01. The average molecular weight is 280 g/mol. The van der Waals surface area contributed by atoms with E-state index in [0.29, 0.717) is 6.42 Å². The van der Waals surface area contributed by atoms with Crippen LogP contribution in [0.25, 0.3) is 0 Å². The minimum Gasteiger partial charge on any atom is -0.469 e. The van der Waals surface area contributed by atoms with E-state index < -0.39 is 0 Å². The Bertz CT molecular complexity index is 398. The van der Waals surface area contributed by atoms with Gasteiger partial charge in [-0.25, -0.2) is 0 Å². The summed E-state index contributed by atoms with van der Waals surface area (Å²) in [5.41, 5.74) is 5.75. The second-order valence-corrected chi connectivity index (χ2v) is 8.48. The van der Waals surface area contributed by atoms with Crippen molar-refractivity contribution in [1.29, 1.82) is 0 Å². The smallest absolute Gasteiger partial charge is 0.310 e. The van der Waals surface area contributed by atoms with Crippen LogP contribution < -0.4 is 0 Å². The van der Waals surface area contributed by atoms with E-state index in [1.165, 1.54) is 12.7 Å². The number of carbonyl (C=O) groups is 1. The summed E-state index contributed by atoms with van der Waals surface area (Å²) < 4.78 is 4.82. The Morgan fingerprint density at radius 3 is 1.50 bits per heavy atom. The Kier molecular flexibility index (Phi) is 5.87. The maximum absolute atomic E-state index is 11.7. The lowest BCUT2D eigenvalue weighted by Crippen LogP contribution is -2.23. The van der Waals surface area contributed by atoms with Crippen LogP contribution in [0.1, 0.15) is 68.7 Å². The molecule has 0 aromatic carbocycles. The summed E-state index contributed by atoms with van der Waals surface area (Å²) in [6.45, 7) is 19.5. The molecule has 0 unspecified atom stereocenters. The summed E-state index contributed by atoms with van der Waals surface area (Å²) in [4.78, 5) is 11.7. The average Bonchev–Trinajstić information content (AvgIpc) is 2.18. The topological polar surface area (TPSA) is 26.3 Å². The monoisotopic (exact) mass is 280 g/mol. The maximum atomic E-state index is 11.7. The van der Waals surface area contributed by atoms with E-state index in [4.69, 9.17) is 4.74 Å². The molecule has 0 saturated carbocycles. The van der Waals surface area contributed by atoms with Crippen molar-refractivity contribution in [2.45, 2.75) is 68.7 Å². The SMILES string of the molecule is COC(=O)CC(=C=C(C(C)(C)C)C(C)(C)C)C(C)(C)C. The van der Waals surface area contributed by atoms with Gasteiger partial charge in [0, 0.05) is 0 Å². The van der Waals surface area contributed by atoms with Crippen LogP contribution >= 0.6 is 0 Å². The molecule has 0 aliphatic rings. The molecule has 0 spiro atoms. The molecule has 0 bridgehead atoms. The normalized spacial score (nSPS) is 12.7. The van der Waals surface area contributed by atoms with Crippen molar-refractivity contribution >= 4 is 5.97 Å². The summed E-state index contributed by atoms with van der Waals surface area (Å²) in [6, 6.07) is 0. The molecule has 0 aromatic heterocycles. The van der Waals surface area contributed by atoms with Crippen LogP contribution in [-0.4, -0.2) is 13.1 Å². The zero-order chi connectivity index (χ0) is 16.4. The number of methoxy groups -OCH3 is 1. The van der Waals surface area contributed by atoms with E-state index in [1.807, 2.05) is 0 Å². The zero-order valence-electron chi connectivity index (χ0n) is 15.0. The van der Waals surface area contributed by atoms with Crippen molar-refractivity contribution in [1.82, 2.24) is 0 Å². The fraction of sp³-hybridized carbons (Fsp3) is 0.778. The molecule has 0 aromatic rings. The Balaban J connectivity index is 6.18. The maximum Gasteiger partial charge on any atom is 0.310 e. The Labute approximate surface area is 125 Å². The number of ether oxygens (including phenoxy) is 1. The predicted octanol–water partition coefficient (Wildman–Crippen LogP) is 5.14. The molecule has 0 radical (unpaired) electrons. The second-order valence-electron chi connectivity index (χ2n) is 8.48. The summed E-state index contributed by atoms with van der Waals surface area (Å²) in [7, 11) is 1.43. The lowest BCUT2D eigenvalue weighted by Gasteiger charge is -2.33. The minimum atomic E-state index is -0.204. The number of esters is 1. The summed E-state index contributed by atoms with van der Waals surface area (Å²) in [5, 5.41) is 0. The first-order chi connectivity index (χ1) is 8.69. The van der Waals surface area contributed by atoms with E-state index in [-0.39, 0.29) is 22.2 Å². The van der Waals surface area contributed by atoms with Gasteiger partial charge >= 0.3 is 5.97 Å². The quantitative estimate of drug-likeness (QED) is 0.517. The molecule has 0 N–H and O–H groups in total. The van der Waals surface area contributed by atoms with Gasteiger partial charge in [-0.1, -0.05) is 62.3 Å². The van der Waals surface area contributed by atoms with Gasteiger partial charge in [0.2, 0.25) is 0 Å². The number of carbonyl (C=O) groups excluding carboxylic acids is 1. The first kappa shape index (κ1) is 19.0. The molecule has 0 atom stereocenters. The first-order valence-corrected chi connectivity index (χ1v) is 7.27. The van der Waals surface area contributed by atoms with Gasteiger partial charge in [-0.05, 0) is 27.4 Å². The molecule has 116 valence electrons. The van der Waals surface area contributed by atoms with Gasteiger partial charge in [0.25, 0.3) is 0 Å².